The van der Waals surface area contributed by atoms with Crippen LogP contribution in [0, 0.1) is 0 Å². The van der Waals surface area contributed by atoms with Crippen molar-refractivity contribution in [1.29, 1.82) is 0 Å². The minimum Gasteiger partial charge on any atom is -0.330 e. The Kier molecular flexibility index (Phi) is 3.97. The SMILES string of the molecule is CC(N)Cc1nccn1Cc1ccccc1Br. The van der Waals surface area contributed by atoms with Gasteiger partial charge in [-0.05, 0) is 18.6 Å². The van der Waals surface area contributed by atoms with Crippen molar-refractivity contribution in [2.75, 3.05) is 0 Å². The van der Waals surface area contributed by atoms with Crippen molar-refractivity contribution in [3.05, 3.63) is 52.5 Å². The summed E-state index contributed by atoms with van der Waals surface area (Å²) >= 11 is 3.56. The van der Waals surface area contributed by atoms with Crippen LogP contribution in [-0.2, 0) is 13.0 Å². The third kappa shape index (κ3) is 3.17. The van der Waals surface area contributed by atoms with Crippen LogP contribution in [0.1, 0.15) is 18.3 Å². The molecule has 0 amide bonds. The van der Waals surface area contributed by atoms with E-state index < -0.39 is 0 Å². The van der Waals surface area contributed by atoms with E-state index in [4.69, 9.17) is 5.73 Å². The van der Waals surface area contributed by atoms with Gasteiger partial charge in [0, 0.05) is 35.9 Å². The van der Waals surface area contributed by atoms with Crippen LogP contribution in [0.15, 0.2) is 41.1 Å². The number of nitrogens with zero attached hydrogens (tertiary/aromatic N) is 2. The fourth-order valence-electron chi connectivity index (χ4n) is 1.77. The van der Waals surface area contributed by atoms with Crippen molar-refractivity contribution < 1.29 is 0 Å². The predicted octanol–water partition coefficient (Wildman–Crippen LogP) is 2.58. The summed E-state index contributed by atoms with van der Waals surface area (Å²) in [5.74, 6) is 1.04. The zero-order valence-corrected chi connectivity index (χ0v) is 11.4. The number of nitrogens with two attached hydrogens (primary N) is 1. The Hall–Kier alpha value is -1.13. The fraction of sp³-hybridized carbons (Fsp3) is 0.308. The molecule has 1 heterocycles. The Morgan fingerprint density at radius 3 is 2.88 bits per heavy atom. The van der Waals surface area contributed by atoms with E-state index in [2.05, 4.69) is 37.6 Å². The molecule has 1 aromatic heterocycles. The molecule has 1 atom stereocenters. The molecule has 0 spiro atoms. The molecule has 2 aromatic rings. The highest BCUT2D eigenvalue weighted by atomic mass is 79.9. The van der Waals surface area contributed by atoms with Gasteiger partial charge < -0.3 is 10.3 Å². The van der Waals surface area contributed by atoms with Crippen molar-refractivity contribution in [2.24, 2.45) is 5.73 Å². The van der Waals surface area contributed by atoms with Gasteiger partial charge in [-0.2, -0.15) is 0 Å². The maximum Gasteiger partial charge on any atom is 0.110 e. The zero-order valence-electron chi connectivity index (χ0n) is 9.81. The number of hydrogen-bond donors (Lipinski definition) is 1. The lowest BCUT2D eigenvalue weighted by molar-refractivity contribution is 0.648. The second kappa shape index (κ2) is 5.47. The fourth-order valence-corrected chi connectivity index (χ4v) is 2.18. The molecule has 1 unspecified atom stereocenters. The Balaban J connectivity index is 2.19. The van der Waals surface area contributed by atoms with Crippen LogP contribution in [-0.4, -0.2) is 15.6 Å². The van der Waals surface area contributed by atoms with Gasteiger partial charge in [0.2, 0.25) is 0 Å². The quantitative estimate of drug-likeness (QED) is 0.942. The molecule has 0 aliphatic carbocycles. The predicted molar refractivity (Wildman–Crippen MR) is 72.8 cm³/mol. The number of halogens is 1. The molecule has 0 bridgehead atoms. The highest BCUT2D eigenvalue weighted by molar-refractivity contribution is 9.10. The molecule has 0 saturated carbocycles. The van der Waals surface area contributed by atoms with Crippen molar-refractivity contribution in [3.8, 4) is 0 Å². The number of imidazole rings is 1. The van der Waals surface area contributed by atoms with Crippen molar-refractivity contribution in [2.45, 2.75) is 25.9 Å². The number of rotatable bonds is 4. The minimum absolute atomic E-state index is 0.135. The highest BCUT2D eigenvalue weighted by Gasteiger charge is 2.07. The van der Waals surface area contributed by atoms with Crippen molar-refractivity contribution >= 4 is 15.9 Å². The Morgan fingerprint density at radius 1 is 1.41 bits per heavy atom. The van der Waals surface area contributed by atoms with Gasteiger partial charge in [-0.25, -0.2) is 4.98 Å². The molecule has 4 heteroatoms. The molecule has 0 saturated heterocycles. The lowest BCUT2D eigenvalue weighted by Crippen LogP contribution is -2.20. The Labute approximate surface area is 110 Å². The maximum atomic E-state index is 5.81. The summed E-state index contributed by atoms with van der Waals surface area (Å²) in [6.45, 7) is 2.82. The molecule has 17 heavy (non-hydrogen) atoms. The van der Waals surface area contributed by atoms with Gasteiger partial charge in [-0.15, -0.1) is 0 Å². The zero-order chi connectivity index (χ0) is 12.3. The average Bonchev–Trinajstić information content (AvgIpc) is 2.68. The van der Waals surface area contributed by atoms with Gasteiger partial charge in [0.15, 0.2) is 0 Å². The van der Waals surface area contributed by atoms with Crippen LogP contribution in [0.4, 0.5) is 0 Å². The first-order valence-corrected chi connectivity index (χ1v) is 6.45. The molecule has 90 valence electrons. The van der Waals surface area contributed by atoms with E-state index in [1.807, 2.05) is 31.5 Å². The second-order valence-corrected chi connectivity index (χ2v) is 5.10. The van der Waals surface area contributed by atoms with E-state index in [1.54, 1.807) is 0 Å². The minimum atomic E-state index is 0.135. The highest BCUT2D eigenvalue weighted by Crippen LogP contribution is 2.17. The largest absolute Gasteiger partial charge is 0.330 e. The van der Waals surface area contributed by atoms with Crippen LogP contribution in [0.3, 0.4) is 0 Å². The Bertz CT molecular complexity index is 491. The van der Waals surface area contributed by atoms with Gasteiger partial charge in [-0.1, -0.05) is 34.1 Å². The monoisotopic (exact) mass is 293 g/mol. The second-order valence-electron chi connectivity index (χ2n) is 4.24. The van der Waals surface area contributed by atoms with Crippen LogP contribution < -0.4 is 5.73 Å². The molecule has 3 nitrogen and oxygen atoms in total. The summed E-state index contributed by atoms with van der Waals surface area (Å²) in [4.78, 5) is 4.35. The van der Waals surface area contributed by atoms with E-state index in [0.29, 0.717) is 0 Å². The first-order valence-electron chi connectivity index (χ1n) is 5.66. The number of benzene rings is 1. The van der Waals surface area contributed by atoms with Crippen LogP contribution in [0.2, 0.25) is 0 Å². The topological polar surface area (TPSA) is 43.8 Å². The summed E-state index contributed by atoms with van der Waals surface area (Å²) in [5.41, 5.74) is 7.06. The van der Waals surface area contributed by atoms with E-state index in [1.165, 1.54) is 5.56 Å². The first kappa shape index (κ1) is 12.3. The molecule has 0 aliphatic heterocycles. The normalized spacial score (nSPS) is 12.6. The van der Waals surface area contributed by atoms with Crippen molar-refractivity contribution in [1.82, 2.24) is 9.55 Å². The lowest BCUT2D eigenvalue weighted by Gasteiger charge is -2.10. The van der Waals surface area contributed by atoms with Crippen molar-refractivity contribution in [3.63, 3.8) is 0 Å². The molecular formula is C13H16BrN3. The standard InChI is InChI=1S/C13H16BrN3/c1-10(15)8-13-16-6-7-17(13)9-11-4-2-3-5-12(11)14/h2-7,10H,8-9,15H2,1H3. The summed E-state index contributed by atoms with van der Waals surface area (Å²) in [5, 5.41) is 0. The molecule has 0 radical (unpaired) electrons. The lowest BCUT2D eigenvalue weighted by atomic mass is 10.2. The van der Waals surface area contributed by atoms with E-state index in [-0.39, 0.29) is 6.04 Å². The summed E-state index contributed by atoms with van der Waals surface area (Å²) in [6, 6.07) is 8.36. The molecule has 0 fully saturated rings. The van der Waals surface area contributed by atoms with Gasteiger partial charge in [0.25, 0.3) is 0 Å². The van der Waals surface area contributed by atoms with E-state index in [9.17, 15) is 0 Å². The third-order valence-corrected chi connectivity index (χ3v) is 3.38. The van der Waals surface area contributed by atoms with Crippen LogP contribution in [0.5, 0.6) is 0 Å². The first-order chi connectivity index (χ1) is 8.16. The summed E-state index contributed by atoms with van der Waals surface area (Å²) in [6.07, 6.45) is 4.63. The molecule has 0 aliphatic rings. The molecular weight excluding hydrogens is 278 g/mol. The van der Waals surface area contributed by atoms with Crippen LogP contribution in [0.25, 0.3) is 0 Å². The van der Waals surface area contributed by atoms with Gasteiger partial charge in [0.05, 0.1) is 0 Å². The molecule has 1 aromatic carbocycles. The summed E-state index contributed by atoms with van der Waals surface area (Å²) < 4.78 is 3.27. The van der Waals surface area contributed by atoms with Crippen LogP contribution >= 0.6 is 15.9 Å². The summed E-state index contributed by atoms with van der Waals surface area (Å²) in [7, 11) is 0. The molecule has 2 N–H and O–H groups in total. The maximum absolute atomic E-state index is 5.81. The van der Waals surface area contributed by atoms with Gasteiger partial charge in [-0.3, -0.25) is 0 Å². The smallest absolute Gasteiger partial charge is 0.110 e. The van der Waals surface area contributed by atoms with Gasteiger partial charge in [0.1, 0.15) is 5.82 Å². The van der Waals surface area contributed by atoms with E-state index >= 15 is 0 Å². The third-order valence-electron chi connectivity index (χ3n) is 2.60. The number of aromatic nitrogens is 2. The Morgan fingerprint density at radius 2 is 2.18 bits per heavy atom. The average molecular weight is 294 g/mol. The van der Waals surface area contributed by atoms with E-state index in [0.717, 1.165) is 23.3 Å². The van der Waals surface area contributed by atoms with Gasteiger partial charge >= 0.3 is 0 Å². The molecule has 2 rings (SSSR count). The number of hydrogen-bond acceptors (Lipinski definition) is 2.